The van der Waals surface area contributed by atoms with Crippen molar-refractivity contribution in [1.29, 1.82) is 0 Å². The van der Waals surface area contributed by atoms with Crippen LogP contribution in [0.1, 0.15) is 23.4 Å². The summed E-state index contributed by atoms with van der Waals surface area (Å²) < 4.78 is 2.05. The maximum Gasteiger partial charge on any atom is 0.233 e. The maximum atomic E-state index is 12.6. The third-order valence-electron chi connectivity index (χ3n) is 4.80. The van der Waals surface area contributed by atoms with Crippen molar-refractivity contribution in [3.05, 3.63) is 35.2 Å². The van der Waals surface area contributed by atoms with E-state index in [1.165, 1.54) is 22.9 Å². The number of aryl methyl sites for hydroxylation is 3. The molecular weight excluding hydrogens is 346 g/mol. The van der Waals surface area contributed by atoms with E-state index in [0.717, 1.165) is 49.3 Å². The lowest BCUT2D eigenvalue weighted by Gasteiger charge is -2.20. The largest absolute Gasteiger partial charge is 0.341 e. The highest BCUT2D eigenvalue weighted by molar-refractivity contribution is 7.99. The molecule has 1 aliphatic heterocycles. The quantitative estimate of drug-likeness (QED) is 0.771. The van der Waals surface area contributed by atoms with E-state index in [9.17, 15) is 4.79 Å². The fourth-order valence-corrected chi connectivity index (χ4v) is 4.08. The molecule has 1 aliphatic rings. The monoisotopic (exact) mass is 373 g/mol. The van der Waals surface area contributed by atoms with Crippen LogP contribution in [-0.2, 0) is 4.79 Å². The van der Waals surface area contributed by atoms with Crippen LogP contribution in [0.2, 0.25) is 0 Å². The number of hydrogen-bond donors (Lipinski definition) is 0. The van der Waals surface area contributed by atoms with E-state index >= 15 is 0 Å². The van der Waals surface area contributed by atoms with Gasteiger partial charge in [-0.3, -0.25) is 9.36 Å². The van der Waals surface area contributed by atoms with Gasteiger partial charge >= 0.3 is 0 Å². The van der Waals surface area contributed by atoms with Gasteiger partial charge in [0.1, 0.15) is 5.82 Å². The van der Waals surface area contributed by atoms with Crippen LogP contribution in [-0.4, -0.2) is 69.5 Å². The molecule has 0 unspecified atom stereocenters. The van der Waals surface area contributed by atoms with Gasteiger partial charge in [-0.25, -0.2) is 0 Å². The number of thioether (sulfide) groups is 1. The Bertz CT molecular complexity index is 788. The summed E-state index contributed by atoms with van der Waals surface area (Å²) in [5.74, 6) is 1.41. The smallest absolute Gasteiger partial charge is 0.233 e. The molecule has 26 heavy (non-hydrogen) atoms. The van der Waals surface area contributed by atoms with Crippen molar-refractivity contribution >= 4 is 17.7 Å². The van der Waals surface area contributed by atoms with E-state index in [-0.39, 0.29) is 5.91 Å². The molecule has 1 amide bonds. The Morgan fingerprint density at radius 2 is 1.92 bits per heavy atom. The van der Waals surface area contributed by atoms with Gasteiger partial charge in [-0.15, -0.1) is 10.2 Å². The van der Waals surface area contributed by atoms with Crippen LogP contribution >= 0.6 is 11.8 Å². The van der Waals surface area contributed by atoms with Gasteiger partial charge in [0.25, 0.3) is 0 Å². The van der Waals surface area contributed by atoms with Gasteiger partial charge in [-0.2, -0.15) is 0 Å². The summed E-state index contributed by atoms with van der Waals surface area (Å²) in [6, 6.07) is 6.35. The van der Waals surface area contributed by atoms with Crippen molar-refractivity contribution in [3.8, 4) is 5.69 Å². The number of nitrogens with zero attached hydrogens (tertiary/aromatic N) is 5. The zero-order valence-corrected chi connectivity index (χ0v) is 16.8. The lowest BCUT2D eigenvalue weighted by atomic mass is 10.1. The van der Waals surface area contributed by atoms with Crippen molar-refractivity contribution in [1.82, 2.24) is 24.6 Å². The summed E-state index contributed by atoms with van der Waals surface area (Å²) in [5.41, 5.74) is 3.44. The van der Waals surface area contributed by atoms with Crippen LogP contribution in [0, 0.1) is 20.8 Å². The number of rotatable bonds is 4. The van der Waals surface area contributed by atoms with Gasteiger partial charge in [-0.05, 0) is 58.0 Å². The van der Waals surface area contributed by atoms with E-state index < -0.39 is 0 Å². The lowest BCUT2D eigenvalue weighted by molar-refractivity contribution is -0.128. The van der Waals surface area contributed by atoms with Crippen molar-refractivity contribution in [2.75, 3.05) is 39.0 Å². The highest BCUT2D eigenvalue weighted by Gasteiger charge is 2.20. The first-order chi connectivity index (χ1) is 12.5. The molecular formula is C19H27N5OS. The molecule has 1 saturated heterocycles. The Balaban J connectivity index is 1.73. The molecule has 6 nitrogen and oxygen atoms in total. The second-order valence-electron chi connectivity index (χ2n) is 6.98. The van der Waals surface area contributed by atoms with Gasteiger partial charge in [0.15, 0.2) is 5.16 Å². The lowest BCUT2D eigenvalue weighted by Crippen LogP contribution is -2.35. The number of aromatic nitrogens is 3. The fraction of sp³-hybridized carbons (Fsp3) is 0.526. The fourth-order valence-electron chi connectivity index (χ4n) is 3.19. The van der Waals surface area contributed by atoms with E-state index in [1.807, 2.05) is 11.8 Å². The van der Waals surface area contributed by atoms with Gasteiger partial charge in [0.05, 0.1) is 11.4 Å². The average Bonchev–Trinajstić information content (AvgIpc) is 2.83. The summed E-state index contributed by atoms with van der Waals surface area (Å²) in [7, 11) is 2.11. The number of carbonyl (C=O) groups is 1. The van der Waals surface area contributed by atoms with E-state index in [1.54, 1.807) is 0 Å². The van der Waals surface area contributed by atoms with Crippen LogP contribution in [0.15, 0.2) is 23.4 Å². The zero-order chi connectivity index (χ0) is 18.7. The van der Waals surface area contributed by atoms with Crippen molar-refractivity contribution in [2.24, 2.45) is 0 Å². The number of amides is 1. The number of benzene rings is 1. The summed E-state index contributed by atoms with van der Waals surface area (Å²) in [4.78, 5) is 16.9. The van der Waals surface area contributed by atoms with Gasteiger partial charge < -0.3 is 9.80 Å². The van der Waals surface area contributed by atoms with Crippen LogP contribution in [0.4, 0.5) is 0 Å². The Hall–Kier alpha value is -1.86. The highest BCUT2D eigenvalue weighted by Crippen LogP contribution is 2.25. The van der Waals surface area contributed by atoms with Crippen molar-refractivity contribution < 1.29 is 4.79 Å². The van der Waals surface area contributed by atoms with Crippen LogP contribution < -0.4 is 0 Å². The summed E-state index contributed by atoms with van der Waals surface area (Å²) in [6.45, 7) is 9.75. The topological polar surface area (TPSA) is 54.3 Å². The van der Waals surface area contributed by atoms with E-state index in [4.69, 9.17) is 0 Å². The Morgan fingerprint density at radius 1 is 1.12 bits per heavy atom. The zero-order valence-electron chi connectivity index (χ0n) is 16.0. The average molecular weight is 374 g/mol. The second-order valence-corrected chi connectivity index (χ2v) is 7.92. The standard InChI is InChI=1S/C19H27N5OS/c1-14-6-7-15(2)17(12-14)24-16(3)20-21-19(24)26-13-18(25)23-9-5-8-22(4)10-11-23/h6-7,12H,5,8-11,13H2,1-4H3. The summed E-state index contributed by atoms with van der Waals surface area (Å²) in [6.07, 6.45) is 1.03. The molecule has 0 bridgehead atoms. The molecule has 0 saturated carbocycles. The first-order valence-corrected chi connectivity index (χ1v) is 10.0. The normalized spacial score (nSPS) is 15.9. The van der Waals surface area contributed by atoms with E-state index in [0.29, 0.717) is 5.75 Å². The predicted octanol–water partition coefficient (Wildman–Crippen LogP) is 2.45. The molecule has 7 heteroatoms. The predicted molar refractivity (Wildman–Crippen MR) is 105 cm³/mol. The van der Waals surface area contributed by atoms with Crippen LogP contribution in [0.3, 0.4) is 0 Å². The SMILES string of the molecule is Cc1ccc(C)c(-n2c(C)nnc2SCC(=O)N2CCCN(C)CC2)c1. The number of likely N-dealkylation sites (N-methyl/N-ethyl adjacent to an activating group) is 1. The molecule has 0 radical (unpaired) electrons. The van der Waals surface area contributed by atoms with Crippen molar-refractivity contribution in [3.63, 3.8) is 0 Å². The molecule has 140 valence electrons. The number of carbonyl (C=O) groups excluding carboxylic acids is 1. The van der Waals surface area contributed by atoms with Gasteiger partial charge in [0.2, 0.25) is 5.91 Å². The van der Waals surface area contributed by atoms with Crippen molar-refractivity contribution in [2.45, 2.75) is 32.3 Å². The highest BCUT2D eigenvalue weighted by atomic mass is 32.2. The minimum absolute atomic E-state index is 0.179. The van der Waals surface area contributed by atoms with E-state index in [2.05, 4.69) is 58.8 Å². The van der Waals surface area contributed by atoms with Crippen LogP contribution in [0.25, 0.3) is 5.69 Å². The maximum absolute atomic E-state index is 12.6. The van der Waals surface area contributed by atoms with Gasteiger partial charge in [-0.1, -0.05) is 23.9 Å². The molecule has 1 aromatic heterocycles. The minimum Gasteiger partial charge on any atom is -0.341 e. The molecule has 1 aromatic carbocycles. The molecule has 0 spiro atoms. The Labute approximate surface area is 159 Å². The summed E-state index contributed by atoms with van der Waals surface area (Å²) >= 11 is 1.47. The first kappa shape index (κ1) is 18.9. The molecule has 0 N–H and O–H groups in total. The first-order valence-electron chi connectivity index (χ1n) is 9.04. The molecule has 0 aliphatic carbocycles. The van der Waals surface area contributed by atoms with Gasteiger partial charge in [0, 0.05) is 19.6 Å². The Morgan fingerprint density at radius 3 is 2.73 bits per heavy atom. The molecule has 3 rings (SSSR count). The third-order valence-corrected chi connectivity index (χ3v) is 5.71. The third kappa shape index (κ3) is 4.27. The minimum atomic E-state index is 0.179. The number of hydrogen-bond acceptors (Lipinski definition) is 5. The summed E-state index contributed by atoms with van der Waals surface area (Å²) in [5, 5.41) is 9.32. The molecule has 2 aromatic rings. The second kappa shape index (κ2) is 8.22. The Kier molecular flexibility index (Phi) is 5.98. The van der Waals surface area contributed by atoms with Crippen LogP contribution in [0.5, 0.6) is 0 Å². The molecule has 1 fully saturated rings. The molecule has 0 atom stereocenters. The molecule has 2 heterocycles.